The van der Waals surface area contributed by atoms with Crippen LogP contribution in [0.15, 0.2) is 11.4 Å². The summed E-state index contributed by atoms with van der Waals surface area (Å²) < 4.78 is 40.6. The third-order valence-corrected chi connectivity index (χ3v) is 3.59. The lowest BCUT2D eigenvalue weighted by molar-refractivity contribution is -0.174. The predicted octanol–water partition coefficient (Wildman–Crippen LogP) is 4.07. The Hall–Kier alpha value is -0.590. The van der Waals surface area contributed by atoms with Gasteiger partial charge in [0.15, 0.2) is 0 Å². The molecule has 1 heterocycles. The van der Waals surface area contributed by atoms with Gasteiger partial charge in [-0.3, -0.25) is 0 Å². The maximum absolute atomic E-state index is 12.0. The van der Waals surface area contributed by atoms with Gasteiger partial charge in [0.25, 0.3) is 0 Å². The molecular formula is C13H20F3NOS. The first-order valence-corrected chi connectivity index (χ1v) is 7.24. The van der Waals surface area contributed by atoms with Crippen molar-refractivity contribution >= 4 is 11.3 Å². The van der Waals surface area contributed by atoms with Crippen molar-refractivity contribution in [3.05, 3.63) is 21.9 Å². The van der Waals surface area contributed by atoms with E-state index in [0.29, 0.717) is 6.42 Å². The zero-order chi connectivity index (χ0) is 14.3. The molecule has 0 aromatic carbocycles. The van der Waals surface area contributed by atoms with E-state index in [4.69, 9.17) is 0 Å². The lowest BCUT2D eigenvalue weighted by Crippen LogP contribution is -2.25. The highest BCUT2D eigenvalue weighted by Crippen LogP contribution is 2.25. The van der Waals surface area contributed by atoms with E-state index in [-0.39, 0.29) is 12.6 Å². The first-order chi connectivity index (χ1) is 8.94. The summed E-state index contributed by atoms with van der Waals surface area (Å²) in [6.07, 6.45) is -2.71. The highest BCUT2D eigenvalue weighted by atomic mass is 32.1. The van der Waals surface area contributed by atoms with Crippen molar-refractivity contribution in [1.29, 1.82) is 0 Å². The number of hydrogen-bond acceptors (Lipinski definition) is 3. The lowest BCUT2D eigenvalue weighted by atomic mass is 10.1. The summed E-state index contributed by atoms with van der Waals surface area (Å²) in [5.41, 5.74) is 1.16. The number of alkyl halides is 3. The zero-order valence-electron chi connectivity index (χ0n) is 11.2. The fourth-order valence-electron chi connectivity index (χ4n) is 1.83. The molecule has 1 aromatic heterocycles. The van der Waals surface area contributed by atoms with Gasteiger partial charge in [-0.15, -0.1) is 11.3 Å². The van der Waals surface area contributed by atoms with E-state index in [9.17, 15) is 13.2 Å². The van der Waals surface area contributed by atoms with Crippen molar-refractivity contribution in [2.45, 2.75) is 38.9 Å². The van der Waals surface area contributed by atoms with Crippen LogP contribution in [0.3, 0.4) is 0 Å². The smallest absolute Gasteiger partial charge is 0.372 e. The Morgan fingerprint density at radius 2 is 2.16 bits per heavy atom. The number of nitrogens with one attached hydrogen (secondary N) is 1. The average molecular weight is 295 g/mol. The van der Waals surface area contributed by atoms with E-state index >= 15 is 0 Å². The fourth-order valence-corrected chi connectivity index (χ4v) is 2.60. The molecule has 0 aliphatic rings. The summed E-state index contributed by atoms with van der Waals surface area (Å²) in [7, 11) is 0. The van der Waals surface area contributed by atoms with E-state index in [2.05, 4.69) is 17.0 Å². The summed E-state index contributed by atoms with van der Waals surface area (Å²) in [6, 6.07) is 2.09. The first kappa shape index (κ1) is 16.5. The van der Waals surface area contributed by atoms with Crippen LogP contribution in [0.1, 0.15) is 36.2 Å². The van der Waals surface area contributed by atoms with Crippen LogP contribution in [0.25, 0.3) is 0 Å². The molecule has 0 spiro atoms. The second-order valence-corrected chi connectivity index (χ2v) is 5.52. The molecular weight excluding hydrogens is 275 g/mol. The van der Waals surface area contributed by atoms with Crippen molar-refractivity contribution < 1.29 is 17.9 Å². The second-order valence-electron chi connectivity index (χ2n) is 4.40. The number of halogens is 3. The lowest BCUT2D eigenvalue weighted by Gasteiger charge is -2.19. The highest BCUT2D eigenvalue weighted by molar-refractivity contribution is 7.10. The molecule has 0 saturated carbocycles. The summed E-state index contributed by atoms with van der Waals surface area (Å²) in [5, 5.41) is 5.36. The first-order valence-electron chi connectivity index (χ1n) is 6.36. The van der Waals surface area contributed by atoms with Crippen LogP contribution in [0.2, 0.25) is 0 Å². The third-order valence-electron chi connectivity index (χ3n) is 2.73. The van der Waals surface area contributed by atoms with E-state index in [1.54, 1.807) is 11.3 Å². The van der Waals surface area contributed by atoms with Crippen LogP contribution in [-0.2, 0) is 4.74 Å². The van der Waals surface area contributed by atoms with Crippen molar-refractivity contribution in [3.63, 3.8) is 0 Å². The molecule has 19 heavy (non-hydrogen) atoms. The van der Waals surface area contributed by atoms with Gasteiger partial charge in [0.1, 0.15) is 6.61 Å². The zero-order valence-corrected chi connectivity index (χ0v) is 12.0. The van der Waals surface area contributed by atoms with Crippen LogP contribution in [0, 0.1) is 6.92 Å². The minimum absolute atomic E-state index is 0.0689. The van der Waals surface area contributed by atoms with E-state index in [1.165, 1.54) is 4.88 Å². The van der Waals surface area contributed by atoms with Gasteiger partial charge < -0.3 is 10.1 Å². The van der Waals surface area contributed by atoms with Gasteiger partial charge in [-0.05, 0) is 43.3 Å². The van der Waals surface area contributed by atoms with Crippen LogP contribution in [0.5, 0.6) is 0 Å². The number of rotatable bonds is 8. The van der Waals surface area contributed by atoms with E-state index < -0.39 is 12.8 Å². The van der Waals surface area contributed by atoms with Crippen LogP contribution < -0.4 is 5.32 Å². The maximum atomic E-state index is 12.0. The summed E-state index contributed by atoms with van der Waals surface area (Å²) in [6.45, 7) is 3.87. The standard InChI is InChI=1S/C13H20F3NOS/c1-3-6-17-12(11-5-8-19-10(11)2)4-7-18-9-13(14,15)16/h5,8,12,17H,3-4,6-7,9H2,1-2H3. The van der Waals surface area contributed by atoms with Gasteiger partial charge in [0.05, 0.1) is 0 Å². The summed E-state index contributed by atoms with van der Waals surface area (Å²) in [4.78, 5) is 1.20. The fraction of sp³-hybridized carbons (Fsp3) is 0.692. The Morgan fingerprint density at radius 1 is 1.42 bits per heavy atom. The molecule has 0 aliphatic carbocycles. The second kappa shape index (κ2) is 7.87. The molecule has 110 valence electrons. The SMILES string of the molecule is CCCNC(CCOCC(F)(F)F)c1ccsc1C. The van der Waals surface area contributed by atoms with Gasteiger partial charge in [-0.1, -0.05) is 6.92 Å². The Bertz CT molecular complexity index is 365. The van der Waals surface area contributed by atoms with Crippen molar-refractivity contribution in [2.24, 2.45) is 0 Å². The molecule has 0 bridgehead atoms. The van der Waals surface area contributed by atoms with Crippen LogP contribution >= 0.6 is 11.3 Å². The molecule has 1 atom stereocenters. The van der Waals surface area contributed by atoms with Gasteiger partial charge in [-0.25, -0.2) is 0 Å². The number of hydrogen-bond donors (Lipinski definition) is 1. The van der Waals surface area contributed by atoms with E-state index in [0.717, 1.165) is 18.5 Å². The molecule has 1 rings (SSSR count). The highest BCUT2D eigenvalue weighted by Gasteiger charge is 2.27. The summed E-state index contributed by atoms with van der Waals surface area (Å²) in [5.74, 6) is 0. The molecule has 1 aromatic rings. The van der Waals surface area contributed by atoms with Gasteiger partial charge in [0.2, 0.25) is 0 Å². The Morgan fingerprint density at radius 3 is 2.68 bits per heavy atom. The van der Waals surface area contributed by atoms with Gasteiger partial charge in [0, 0.05) is 17.5 Å². The molecule has 1 N–H and O–H groups in total. The molecule has 0 aliphatic heterocycles. The predicted molar refractivity (Wildman–Crippen MR) is 71.6 cm³/mol. The monoisotopic (exact) mass is 295 g/mol. The minimum atomic E-state index is -4.25. The van der Waals surface area contributed by atoms with Gasteiger partial charge in [-0.2, -0.15) is 13.2 Å². The minimum Gasteiger partial charge on any atom is -0.372 e. The van der Waals surface area contributed by atoms with Gasteiger partial charge >= 0.3 is 6.18 Å². The topological polar surface area (TPSA) is 21.3 Å². The molecule has 2 nitrogen and oxygen atoms in total. The van der Waals surface area contributed by atoms with Crippen molar-refractivity contribution in [2.75, 3.05) is 19.8 Å². The Labute approximate surface area is 116 Å². The molecule has 0 amide bonds. The average Bonchev–Trinajstić information content (AvgIpc) is 2.73. The molecule has 0 radical (unpaired) electrons. The summed E-state index contributed by atoms with van der Waals surface area (Å²) >= 11 is 1.65. The van der Waals surface area contributed by atoms with Crippen LogP contribution in [-0.4, -0.2) is 25.9 Å². The van der Waals surface area contributed by atoms with E-state index in [1.807, 2.05) is 18.4 Å². The number of aryl methyl sites for hydroxylation is 1. The van der Waals surface area contributed by atoms with Crippen molar-refractivity contribution in [3.8, 4) is 0 Å². The number of ether oxygens (including phenoxy) is 1. The number of thiophene rings is 1. The van der Waals surface area contributed by atoms with Crippen LogP contribution in [0.4, 0.5) is 13.2 Å². The molecule has 1 unspecified atom stereocenters. The Balaban J connectivity index is 2.45. The molecule has 6 heteroatoms. The molecule has 0 fully saturated rings. The third kappa shape index (κ3) is 6.40. The quantitative estimate of drug-likeness (QED) is 0.730. The van der Waals surface area contributed by atoms with Crippen molar-refractivity contribution in [1.82, 2.24) is 5.32 Å². The Kier molecular flexibility index (Phi) is 6.82. The normalized spacial score (nSPS) is 13.7. The largest absolute Gasteiger partial charge is 0.411 e. The molecule has 0 saturated heterocycles. The maximum Gasteiger partial charge on any atom is 0.411 e.